The molecule has 3 N–H and O–H groups in total. The Balaban J connectivity index is 0. The zero-order valence-electron chi connectivity index (χ0n) is 17.3. The van der Waals surface area contributed by atoms with Crippen LogP contribution in [0.4, 0.5) is 4.39 Å². The zero-order chi connectivity index (χ0) is 18.8. The van der Waals surface area contributed by atoms with E-state index < -0.39 is 15.6 Å². The third-order valence-electron chi connectivity index (χ3n) is 4.59. The molecule has 0 spiro atoms. The Kier molecular flexibility index (Phi) is 21.1. The van der Waals surface area contributed by atoms with Crippen LogP contribution >= 0.6 is 0 Å². The molecule has 0 bridgehead atoms. The maximum atomic E-state index is 13.7. The highest BCUT2D eigenvalue weighted by Gasteiger charge is 2.25. The molecule has 0 aromatic rings. The summed E-state index contributed by atoms with van der Waals surface area (Å²) in [4.78, 5) is 0. The summed E-state index contributed by atoms with van der Waals surface area (Å²) in [5.41, 5.74) is -1.86. The monoisotopic (exact) mass is 397 g/mol. The maximum Gasteiger partial charge on any atom is 0.299 e. The lowest BCUT2D eigenvalue weighted by atomic mass is 10.1. The number of hydrogen-bond donors (Lipinski definition) is 1. The van der Waals surface area contributed by atoms with Crippen molar-refractivity contribution in [3.8, 4) is 0 Å². The van der Waals surface area contributed by atoms with Gasteiger partial charge >= 0.3 is 0 Å². The largest absolute Gasteiger partial charge is 0.344 e. The van der Waals surface area contributed by atoms with Crippen molar-refractivity contribution in [2.45, 2.75) is 122 Å². The second-order valence-corrected chi connectivity index (χ2v) is 8.84. The lowest BCUT2D eigenvalue weighted by Crippen LogP contribution is -2.19. The zero-order valence-corrected chi connectivity index (χ0v) is 18.1. The van der Waals surface area contributed by atoms with Crippen molar-refractivity contribution in [2.24, 2.45) is 0 Å². The topological polar surface area (TPSA) is 78.4 Å². The second kappa shape index (κ2) is 19.6. The molecule has 0 aromatic heterocycles. The minimum Gasteiger partial charge on any atom is -0.344 e. The van der Waals surface area contributed by atoms with E-state index in [1.807, 2.05) is 0 Å². The summed E-state index contributed by atoms with van der Waals surface area (Å²) < 4.78 is 41.9. The molecule has 0 radical (unpaired) electrons. The fraction of sp³-hybridized carbons (Fsp3) is 1.00. The Labute approximate surface area is 162 Å². The highest BCUT2D eigenvalue weighted by Crippen LogP contribution is 2.16. The predicted octanol–water partition coefficient (Wildman–Crippen LogP) is 7.07. The van der Waals surface area contributed by atoms with Crippen LogP contribution in [0.25, 0.3) is 0 Å². The van der Waals surface area contributed by atoms with Crippen LogP contribution in [0.1, 0.15) is 117 Å². The normalized spacial score (nSPS) is 12.7. The minimum absolute atomic E-state index is 0. The molecule has 0 aliphatic heterocycles. The molecule has 4 nitrogen and oxygen atoms in total. The molecular weight excluding hydrogens is 353 g/mol. The Morgan fingerprint density at radius 3 is 1.54 bits per heavy atom. The molecule has 0 heterocycles. The van der Waals surface area contributed by atoms with Crippen LogP contribution in [0.2, 0.25) is 0 Å². The number of hydrogen-bond acceptors (Lipinski definition) is 4. The lowest BCUT2D eigenvalue weighted by molar-refractivity contribution is 0.271. The van der Waals surface area contributed by atoms with Gasteiger partial charge in [0.2, 0.25) is 5.50 Å². The van der Waals surface area contributed by atoms with Gasteiger partial charge in [-0.15, -0.1) is 0 Å². The van der Waals surface area contributed by atoms with Crippen molar-refractivity contribution < 1.29 is 17.0 Å². The first kappa shape index (κ1) is 28.0. The van der Waals surface area contributed by atoms with Crippen LogP contribution < -0.4 is 6.15 Å². The van der Waals surface area contributed by atoms with Crippen LogP contribution in [-0.4, -0.2) is 20.5 Å². The highest BCUT2D eigenvalue weighted by atomic mass is 32.2. The van der Waals surface area contributed by atoms with E-state index in [0.29, 0.717) is 12.8 Å². The smallest absolute Gasteiger partial charge is 0.299 e. The van der Waals surface area contributed by atoms with Gasteiger partial charge in [0.15, 0.2) is 0 Å². The summed E-state index contributed by atoms with van der Waals surface area (Å²) in [5.74, 6) is 0. The molecule has 6 heteroatoms. The van der Waals surface area contributed by atoms with Gasteiger partial charge in [-0.2, -0.15) is 8.42 Å². The first-order valence-electron chi connectivity index (χ1n) is 10.6. The van der Waals surface area contributed by atoms with E-state index in [4.69, 9.17) is 4.18 Å². The Morgan fingerprint density at radius 1 is 0.692 bits per heavy atom. The van der Waals surface area contributed by atoms with Crippen LogP contribution in [0.15, 0.2) is 0 Å². The van der Waals surface area contributed by atoms with Gasteiger partial charge in [-0.25, -0.2) is 4.39 Å². The fourth-order valence-corrected chi connectivity index (χ4v) is 3.84. The standard InChI is InChI=1S/C20H41FO3S.H3N/c1-3-5-7-9-10-11-12-13-14-15-17-19-24-25(22,23)20(21)18-16-8-6-4-2;/h20H,3-19H2,1-2H3;1H3. The molecule has 0 saturated carbocycles. The van der Waals surface area contributed by atoms with E-state index in [-0.39, 0.29) is 19.2 Å². The molecule has 0 rings (SSSR count). The first-order valence-corrected chi connectivity index (χ1v) is 12.0. The van der Waals surface area contributed by atoms with Gasteiger partial charge in [0, 0.05) is 0 Å². The Hall–Kier alpha value is -0.200. The number of halogens is 1. The summed E-state index contributed by atoms with van der Waals surface area (Å²) >= 11 is 0. The molecule has 0 fully saturated rings. The van der Waals surface area contributed by atoms with Crippen LogP contribution in [0.3, 0.4) is 0 Å². The number of alkyl halides is 1. The molecule has 1 unspecified atom stereocenters. The highest BCUT2D eigenvalue weighted by molar-refractivity contribution is 7.87. The average Bonchev–Trinajstić information content (AvgIpc) is 2.59. The van der Waals surface area contributed by atoms with Crippen LogP contribution in [0.5, 0.6) is 0 Å². The third kappa shape index (κ3) is 17.2. The Morgan fingerprint density at radius 2 is 1.08 bits per heavy atom. The molecular formula is C20H44FNO3S. The van der Waals surface area contributed by atoms with Gasteiger partial charge in [0.25, 0.3) is 10.1 Å². The molecule has 0 aliphatic rings. The van der Waals surface area contributed by atoms with Crippen molar-refractivity contribution in [1.82, 2.24) is 6.15 Å². The van der Waals surface area contributed by atoms with Gasteiger partial charge in [0.1, 0.15) is 0 Å². The summed E-state index contributed by atoms with van der Waals surface area (Å²) in [6, 6.07) is 0. The predicted molar refractivity (Wildman–Crippen MR) is 110 cm³/mol. The molecule has 0 saturated heterocycles. The third-order valence-corrected chi connectivity index (χ3v) is 5.95. The van der Waals surface area contributed by atoms with Gasteiger partial charge in [-0.3, -0.25) is 4.18 Å². The molecule has 26 heavy (non-hydrogen) atoms. The average molecular weight is 398 g/mol. The minimum atomic E-state index is -4.03. The van der Waals surface area contributed by atoms with Crippen molar-refractivity contribution in [3.63, 3.8) is 0 Å². The van der Waals surface area contributed by atoms with Crippen molar-refractivity contribution >= 4 is 10.1 Å². The summed E-state index contributed by atoms with van der Waals surface area (Å²) in [5, 5.41) is 0. The van der Waals surface area contributed by atoms with Gasteiger partial charge in [0.05, 0.1) is 6.61 Å². The number of unbranched alkanes of at least 4 members (excludes halogenated alkanes) is 13. The molecule has 0 aliphatic carbocycles. The lowest BCUT2D eigenvalue weighted by Gasteiger charge is -2.10. The maximum absolute atomic E-state index is 13.7. The van der Waals surface area contributed by atoms with E-state index in [0.717, 1.165) is 32.1 Å². The molecule has 0 amide bonds. The quantitative estimate of drug-likeness (QED) is 0.187. The summed E-state index contributed by atoms with van der Waals surface area (Å²) in [7, 11) is -4.03. The van der Waals surface area contributed by atoms with E-state index in [9.17, 15) is 12.8 Å². The van der Waals surface area contributed by atoms with Crippen LogP contribution in [0, 0.1) is 0 Å². The second-order valence-electron chi connectivity index (χ2n) is 7.11. The van der Waals surface area contributed by atoms with Gasteiger partial charge in [-0.05, 0) is 19.3 Å². The van der Waals surface area contributed by atoms with E-state index >= 15 is 0 Å². The van der Waals surface area contributed by atoms with Crippen molar-refractivity contribution in [1.29, 1.82) is 0 Å². The van der Waals surface area contributed by atoms with Gasteiger partial charge < -0.3 is 6.15 Å². The summed E-state index contributed by atoms with van der Waals surface area (Å²) in [6.45, 7) is 4.42. The molecule has 1 atom stereocenters. The van der Waals surface area contributed by atoms with Crippen molar-refractivity contribution in [2.75, 3.05) is 6.61 Å². The first-order chi connectivity index (χ1) is 12.0. The molecule has 160 valence electrons. The van der Waals surface area contributed by atoms with Crippen LogP contribution in [-0.2, 0) is 14.3 Å². The SMILES string of the molecule is CCCCCCCCCCCCCOS(=O)(=O)C(F)CCCCCC.N. The van der Waals surface area contributed by atoms with E-state index in [2.05, 4.69) is 13.8 Å². The van der Waals surface area contributed by atoms with E-state index in [1.54, 1.807) is 0 Å². The summed E-state index contributed by atoms with van der Waals surface area (Å²) in [6.07, 6.45) is 16.8. The fourth-order valence-electron chi connectivity index (χ4n) is 2.89. The van der Waals surface area contributed by atoms with Crippen molar-refractivity contribution in [3.05, 3.63) is 0 Å². The molecule has 0 aromatic carbocycles. The Bertz CT molecular complexity index is 377. The van der Waals surface area contributed by atoms with E-state index in [1.165, 1.54) is 51.4 Å². The van der Waals surface area contributed by atoms with Gasteiger partial charge in [-0.1, -0.05) is 97.3 Å². The number of rotatable bonds is 19.